The standard InChI is InChI=1S/C10H13N3O/c1-6-4-5-8(14-3)10-12-7(2)9(11)13(6)10/h4-5H,11H2,1-3H3. The van der Waals surface area contributed by atoms with Crippen LogP contribution < -0.4 is 10.5 Å². The number of hydrogen-bond acceptors (Lipinski definition) is 3. The predicted octanol–water partition coefficient (Wildman–Crippen LogP) is 1.54. The molecule has 0 aromatic carbocycles. The fourth-order valence-electron chi connectivity index (χ4n) is 1.57. The minimum Gasteiger partial charge on any atom is -0.493 e. The molecule has 0 unspecified atom stereocenters. The summed E-state index contributed by atoms with van der Waals surface area (Å²) < 4.78 is 7.11. The highest BCUT2D eigenvalue weighted by Crippen LogP contribution is 2.24. The Hall–Kier alpha value is -1.71. The van der Waals surface area contributed by atoms with E-state index in [4.69, 9.17) is 10.5 Å². The van der Waals surface area contributed by atoms with Gasteiger partial charge in [0.1, 0.15) is 5.82 Å². The summed E-state index contributed by atoms with van der Waals surface area (Å²) in [6, 6.07) is 3.86. The molecule has 2 aromatic rings. The molecule has 0 amide bonds. The Kier molecular flexibility index (Phi) is 1.84. The van der Waals surface area contributed by atoms with Gasteiger partial charge < -0.3 is 10.5 Å². The van der Waals surface area contributed by atoms with Gasteiger partial charge >= 0.3 is 0 Å². The number of hydrogen-bond donors (Lipinski definition) is 1. The van der Waals surface area contributed by atoms with Crippen LogP contribution in [0.15, 0.2) is 12.1 Å². The smallest absolute Gasteiger partial charge is 0.181 e. The molecule has 4 heteroatoms. The van der Waals surface area contributed by atoms with Crippen LogP contribution in [0.25, 0.3) is 5.65 Å². The quantitative estimate of drug-likeness (QED) is 0.743. The number of fused-ring (bicyclic) bond motifs is 1. The van der Waals surface area contributed by atoms with Gasteiger partial charge in [-0.1, -0.05) is 0 Å². The van der Waals surface area contributed by atoms with Crippen molar-refractivity contribution in [3.8, 4) is 5.75 Å². The number of anilines is 1. The Bertz CT molecular complexity index is 488. The zero-order valence-corrected chi connectivity index (χ0v) is 8.53. The summed E-state index contributed by atoms with van der Waals surface area (Å²) >= 11 is 0. The monoisotopic (exact) mass is 191 g/mol. The lowest BCUT2D eigenvalue weighted by Gasteiger charge is -2.05. The maximum absolute atomic E-state index is 5.91. The number of ether oxygens (including phenoxy) is 1. The summed E-state index contributed by atoms with van der Waals surface area (Å²) in [5.41, 5.74) is 8.57. The SMILES string of the molecule is COc1ccc(C)n2c(N)c(C)nc12. The Labute approximate surface area is 82.3 Å². The van der Waals surface area contributed by atoms with Gasteiger partial charge in [-0.05, 0) is 26.0 Å². The third kappa shape index (κ3) is 1.04. The van der Waals surface area contributed by atoms with Gasteiger partial charge in [0.25, 0.3) is 0 Å². The number of imidazole rings is 1. The lowest BCUT2D eigenvalue weighted by atomic mass is 10.3. The molecule has 0 aliphatic rings. The van der Waals surface area contributed by atoms with Crippen molar-refractivity contribution in [1.82, 2.24) is 9.38 Å². The van der Waals surface area contributed by atoms with Crippen molar-refractivity contribution in [3.63, 3.8) is 0 Å². The van der Waals surface area contributed by atoms with E-state index in [9.17, 15) is 0 Å². The van der Waals surface area contributed by atoms with E-state index < -0.39 is 0 Å². The lowest BCUT2D eigenvalue weighted by molar-refractivity contribution is 0.416. The van der Waals surface area contributed by atoms with Gasteiger partial charge in [0, 0.05) is 5.69 Å². The van der Waals surface area contributed by atoms with Gasteiger partial charge in [0.15, 0.2) is 11.4 Å². The second kappa shape index (κ2) is 2.90. The Morgan fingerprint density at radius 3 is 2.71 bits per heavy atom. The summed E-state index contributed by atoms with van der Waals surface area (Å²) in [5, 5.41) is 0. The van der Waals surface area contributed by atoms with Crippen LogP contribution in [0.1, 0.15) is 11.4 Å². The highest BCUT2D eigenvalue weighted by atomic mass is 16.5. The molecule has 2 rings (SSSR count). The number of nitrogens with two attached hydrogens (primary N) is 1. The van der Waals surface area contributed by atoms with E-state index in [0.29, 0.717) is 5.82 Å². The van der Waals surface area contributed by atoms with E-state index in [1.807, 2.05) is 30.4 Å². The minimum atomic E-state index is 0.677. The first-order valence-electron chi connectivity index (χ1n) is 4.43. The number of nitrogen functional groups attached to an aromatic ring is 1. The van der Waals surface area contributed by atoms with Gasteiger partial charge in [-0.2, -0.15) is 0 Å². The molecule has 0 atom stereocenters. The lowest BCUT2D eigenvalue weighted by Crippen LogP contribution is -1.98. The second-order valence-electron chi connectivity index (χ2n) is 3.28. The molecule has 74 valence electrons. The summed E-state index contributed by atoms with van der Waals surface area (Å²) in [6.45, 7) is 3.88. The molecule has 2 heterocycles. The zero-order chi connectivity index (χ0) is 10.3. The number of nitrogens with zero attached hydrogens (tertiary/aromatic N) is 2. The van der Waals surface area contributed by atoms with Crippen LogP contribution in [0.3, 0.4) is 0 Å². The maximum Gasteiger partial charge on any atom is 0.181 e. The van der Waals surface area contributed by atoms with Crippen molar-refractivity contribution in [2.24, 2.45) is 0 Å². The third-order valence-electron chi connectivity index (χ3n) is 2.37. The van der Waals surface area contributed by atoms with Crippen molar-refractivity contribution in [2.45, 2.75) is 13.8 Å². The molecule has 0 spiro atoms. The molecule has 0 aliphatic carbocycles. The van der Waals surface area contributed by atoms with E-state index in [-0.39, 0.29) is 0 Å². The van der Waals surface area contributed by atoms with Crippen molar-refractivity contribution in [2.75, 3.05) is 12.8 Å². The van der Waals surface area contributed by atoms with Crippen molar-refractivity contribution >= 4 is 11.5 Å². The van der Waals surface area contributed by atoms with Crippen LogP contribution in [0.2, 0.25) is 0 Å². The predicted molar refractivity (Wildman–Crippen MR) is 55.6 cm³/mol. The highest BCUT2D eigenvalue weighted by molar-refractivity contribution is 5.62. The second-order valence-corrected chi connectivity index (χ2v) is 3.28. The molecule has 2 aromatic heterocycles. The molecule has 2 N–H and O–H groups in total. The van der Waals surface area contributed by atoms with Crippen LogP contribution in [0.4, 0.5) is 5.82 Å². The van der Waals surface area contributed by atoms with Gasteiger partial charge in [-0.15, -0.1) is 0 Å². The molecule has 0 saturated carbocycles. The van der Waals surface area contributed by atoms with E-state index in [2.05, 4.69) is 4.98 Å². The number of methoxy groups -OCH3 is 1. The van der Waals surface area contributed by atoms with Crippen LogP contribution in [-0.4, -0.2) is 16.5 Å². The first kappa shape index (κ1) is 8.87. The Morgan fingerprint density at radius 1 is 1.36 bits per heavy atom. The van der Waals surface area contributed by atoms with Crippen molar-refractivity contribution in [1.29, 1.82) is 0 Å². The highest BCUT2D eigenvalue weighted by Gasteiger charge is 2.11. The molecular weight excluding hydrogens is 178 g/mol. The van der Waals surface area contributed by atoms with E-state index in [0.717, 1.165) is 22.8 Å². The molecule has 0 saturated heterocycles. The molecule has 0 aliphatic heterocycles. The van der Waals surface area contributed by atoms with Gasteiger partial charge in [-0.25, -0.2) is 4.98 Å². The fraction of sp³-hybridized carbons (Fsp3) is 0.300. The van der Waals surface area contributed by atoms with Gasteiger partial charge in [0.2, 0.25) is 0 Å². The molecule has 0 radical (unpaired) electrons. The largest absolute Gasteiger partial charge is 0.493 e. The average Bonchev–Trinajstić information content (AvgIpc) is 2.45. The molecular formula is C10H13N3O. The number of pyridine rings is 1. The first-order valence-corrected chi connectivity index (χ1v) is 4.43. The topological polar surface area (TPSA) is 52.5 Å². The van der Waals surface area contributed by atoms with Crippen LogP contribution >= 0.6 is 0 Å². The van der Waals surface area contributed by atoms with Crippen LogP contribution in [0.5, 0.6) is 5.75 Å². The Balaban J connectivity index is 2.91. The van der Waals surface area contributed by atoms with E-state index in [1.54, 1.807) is 7.11 Å². The number of rotatable bonds is 1. The number of aromatic nitrogens is 2. The molecule has 14 heavy (non-hydrogen) atoms. The zero-order valence-electron chi connectivity index (χ0n) is 8.53. The third-order valence-corrected chi connectivity index (χ3v) is 2.37. The summed E-state index contributed by atoms with van der Waals surface area (Å²) in [7, 11) is 1.63. The summed E-state index contributed by atoms with van der Waals surface area (Å²) in [6.07, 6.45) is 0. The summed E-state index contributed by atoms with van der Waals surface area (Å²) in [5.74, 6) is 1.42. The maximum atomic E-state index is 5.91. The minimum absolute atomic E-state index is 0.677. The number of aryl methyl sites for hydroxylation is 2. The fourth-order valence-corrected chi connectivity index (χ4v) is 1.57. The van der Waals surface area contributed by atoms with Crippen molar-refractivity contribution in [3.05, 3.63) is 23.5 Å². The van der Waals surface area contributed by atoms with Gasteiger partial charge in [0.05, 0.1) is 12.8 Å². The molecule has 0 bridgehead atoms. The van der Waals surface area contributed by atoms with Crippen LogP contribution in [-0.2, 0) is 0 Å². The van der Waals surface area contributed by atoms with E-state index >= 15 is 0 Å². The van der Waals surface area contributed by atoms with Crippen LogP contribution in [0, 0.1) is 13.8 Å². The average molecular weight is 191 g/mol. The van der Waals surface area contributed by atoms with Gasteiger partial charge in [-0.3, -0.25) is 4.40 Å². The molecule has 0 fully saturated rings. The summed E-state index contributed by atoms with van der Waals surface area (Å²) in [4.78, 5) is 4.36. The normalized spacial score (nSPS) is 10.8. The molecule has 4 nitrogen and oxygen atoms in total. The first-order chi connectivity index (χ1) is 6.65. The Morgan fingerprint density at radius 2 is 2.07 bits per heavy atom. The van der Waals surface area contributed by atoms with Crippen molar-refractivity contribution < 1.29 is 4.74 Å². The van der Waals surface area contributed by atoms with E-state index in [1.165, 1.54) is 0 Å².